The molecule has 123 heavy (non-hydrogen) atoms. The summed E-state index contributed by atoms with van der Waals surface area (Å²) in [5.74, 6) is -0.571. The zero-order valence-corrected chi connectivity index (χ0v) is 82.0. The van der Waals surface area contributed by atoms with Crippen LogP contribution in [0, 0.1) is 0 Å². The number of nitrogens with zero attached hydrogens (tertiary/aromatic N) is 2. The van der Waals surface area contributed by atoms with E-state index >= 15 is 0 Å². The third-order valence-corrected chi connectivity index (χ3v) is 28.6. The van der Waals surface area contributed by atoms with Crippen molar-refractivity contribution in [3.05, 3.63) is 252 Å². The lowest BCUT2D eigenvalue weighted by Crippen LogP contribution is -2.25. The van der Waals surface area contributed by atoms with E-state index in [1.54, 1.807) is 36.9 Å². The SMILES string of the molecule is CC(C)(C)c1ccc(CC2=C(Cl)C(=O)C(Nc3ccc(C(C)(C)C)cc3)=C(Cl)C2=O)cc1.CC(C)(C)c1ccc(N)cc1.CC(C)(C)c1ccc2[nH]c3c(=O)c4sc5cc(C(C)(C)C)ccc5[nH]c4c(=O)c3sc2c1.COc1c2sc3cc(C(C)(C)C)ccc3n(C)c2c(OC)c2sc3cc(C(C)(C)C)ccc3n(C)c12.O=C1C(Cl)=C(Cl)C(=O)C(Cl)=C1Cl. The number of carbonyl (C=O) groups excluding carboxylic acids is 4. The minimum absolute atomic E-state index is 0.00349. The average Bonchev–Trinajstić information content (AvgIpc) is 0.719. The number of aromatic amines is 2. The molecule has 4 aromatic heterocycles. The van der Waals surface area contributed by atoms with Crippen LogP contribution in [0.25, 0.3) is 81.7 Å². The number of ether oxygens (including phenoxy) is 2. The maximum atomic E-state index is 13.5. The highest BCUT2D eigenvalue weighted by Gasteiger charge is 2.35. The number of H-pyrrole nitrogens is 2. The van der Waals surface area contributed by atoms with Crippen LogP contribution in [0.5, 0.6) is 11.5 Å². The van der Waals surface area contributed by atoms with Crippen LogP contribution in [-0.4, -0.2) is 56.5 Å². The van der Waals surface area contributed by atoms with Crippen LogP contribution in [0.15, 0.2) is 197 Å². The number of rotatable bonds is 6. The fourth-order valence-corrected chi connectivity index (χ4v) is 20.0. The number of carbonyl (C=O) groups is 4. The normalized spacial score (nSPS) is 14.0. The zero-order chi connectivity index (χ0) is 90.9. The number of nitrogen functional groups attached to an aromatic ring is 1. The quantitative estimate of drug-likeness (QED) is 0.0705. The van der Waals surface area contributed by atoms with Crippen LogP contribution < -0.4 is 31.4 Å². The van der Waals surface area contributed by atoms with Crippen molar-refractivity contribution in [2.75, 3.05) is 25.3 Å². The molecule has 0 unspecified atom stereocenters. The van der Waals surface area contributed by atoms with Crippen molar-refractivity contribution in [1.29, 1.82) is 0 Å². The molecule has 0 fully saturated rings. The first-order valence-electron chi connectivity index (χ1n) is 40.2. The fourth-order valence-electron chi connectivity index (χ4n) is 13.9. The number of hydrogen-bond acceptors (Lipinski definition) is 14. The third kappa shape index (κ3) is 20.2. The molecule has 0 saturated heterocycles. The minimum atomic E-state index is -0.729. The topological polar surface area (TPSA) is 200 Å². The molecule has 15 rings (SSSR count). The lowest BCUT2D eigenvalue weighted by atomic mass is 9.86. The Balaban J connectivity index is 0.000000159. The monoisotopic (exact) mass is 1840 g/mol. The van der Waals surface area contributed by atoms with E-state index < -0.39 is 43.3 Å². The summed E-state index contributed by atoms with van der Waals surface area (Å²) in [6.45, 7) is 45.9. The van der Waals surface area contributed by atoms with E-state index in [1.807, 2.05) is 72.8 Å². The van der Waals surface area contributed by atoms with Crippen LogP contribution >= 0.6 is 115 Å². The van der Waals surface area contributed by atoms with Crippen LogP contribution in [0.2, 0.25) is 0 Å². The van der Waals surface area contributed by atoms with Gasteiger partial charge in [0.15, 0.2) is 11.5 Å². The maximum absolute atomic E-state index is 13.5. The predicted octanol–water partition coefficient (Wildman–Crippen LogP) is 27.9. The lowest BCUT2D eigenvalue weighted by Gasteiger charge is -2.23. The summed E-state index contributed by atoms with van der Waals surface area (Å²) in [4.78, 5) is 81.4. The van der Waals surface area contributed by atoms with Crippen LogP contribution in [0.4, 0.5) is 11.4 Å². The van der Waals surface area contributed by atoms with E-state index in [4.69, 9.17) is 84.8 Å². The highest BCUT2D eigenvalue weighted by Crippen LogP contribution is 2.50. The number of Topliss-reactive ketones (excluding diaryl/α,β-unsaturated/α-hetero) is 4. The van der Waals surface area contributed by atoms with Gasteiger partial charge in [0.2, 0.25) is 34.0 Å². The Morgan fingerprint density at radius 3 is 0.992 bits per heavy atom. The number of nitrogens with one attached hydrogen (secondary N) is 3. The molecule has 0 aliphatic heterocycles. The fraction of sp³-hybridized carbons (Fsp3) is 0.333. The second-order valence-electron chi connectivity index (χ2n) is 38.1. The van der Waals surface area contributed by atoms with Gasteiger partial charge in [-0.3, -0.25) is 28.8 Å². The largest absolute Gasteiger partial charge is 0.493 e. The Kier molecular flexibility index (Phi) is 27.7. The third-order valence-electron chi connectivity index (χ3n) is 21.7. The number of methoxy groups -OCH3 is 2. The number of allylic oxidation sites excluding steroid dienone is 7. The predicted molar refractivity (Wildman–Crippen MR) is 528 cm³/mol. The Bertz CT molecular complexity index is 6380. The molecule has 0 radical (unpaired) electrons. The van der Waals surface area contributed by atoms with E-state index in [1.165, 1.54) is 76.5 Å². The number of fused-ring (bicyclic) bond motifs is 8. The molecule has 2 aliphatic carbocycles. The average molecular weight is 1850 g/mol. The van der Waals surface area contributed by atoms with Crippen LogP contribution in [-0.2, 0) is 77.6 Å². The van der Waals surface area contributed by atoms with Gasteiger partial charge in [0.05, 0.1) is 69.5 Å². The number of nitrogens with two attached hydrogens (primary N) is 1. The molecule has 0 bridgehead atoms. The molecule has 0 spiro atoms. The van der Waals surface area contributed by atoms with Gasteiger partial charge in [0, 0.05) is 37.5 Å². The number of halogens is 6. The number of anilines is 2. The molecule has 0 amide bonds. The van der Waals surface area contributed by atoms with E-state index in [0.717, 1.165) is 69.2 Å². The highest BCUT2D eigenvalue weighted by molar-refractivity contribution is 7.27. The first kappa shape index (κ1) is 94.9. The van der Waals surface area contributed by atoms with Gasteiger partial charge in [-0.05, 0) is 155 Å². The Hall–Kier alpha value is -8.76. The zero-order valence-electron chi connectivity index (χ0n) is 74.2. The van der Waals surface area contributed by atoms with Crippen molar-refractivity contribution in [2.24, 2.45) is 14.1 Å². The summed E-state index contributed by atoms with van der Waals surface area (Å²) in [6, 6.07) is 49.7. The molecule has 0 atom stereocenters. The second-order valence-corrected chi connectivity index (χ2v) is 44.5. The van der Waals surface area contributed by atoms with Crippen molar-refractivity contribution in [1.82, 2.24) is 19.1 Å². The van der Waals surface area contributed by atoms with Crippen molar-refractivity contribution in [3.8, 4) is 11.5 Å². The molecular formula is C99H106Cl6N6O8S4. The number of aryl methyl sites for hydroxylation is 2. The summed E-state index contributed by atoms with van der Waals surface area (Å²) in [5.41, 5.74) is 24.1. The van der Waals surface area contributed by atoms with Gasteiger partial charge >= 0.3 is 0 Å². The maximum Gasteiger partial charge on any atom is 0.222 e. The Morgan fingerprint density at radius 2 is 0.659 bits per heavy atom. The Morgan fingerprint density at radius 1 is 0.358 bits per heavy atom. The van der Waals surface area contributed by atoms with Gasteiger partial charge < -0.3 is 39.6 Å². The van der Waals surface area contributed by atoms with Crippen LogP contribution in [0.1, 0.15) is 190 Å². The molecule has 5 N–H and O–H groups in total. The van der Waals surface area contributed by atoms with Gasteiger partial charge in [-0.15, -0.1) is 45.3 Å². The molecule has 4 heterocycles. The van der Waals surface area contributed by atoms with E-state index in [9.17, 15) is 28.8 Å². The van der Waals surface area contributed by atoms with Crippen molar-refractivity contribution in [3.63, 3.8) is 0 Å². The van der Waals surface area contributed by atoms with Crippen LogP contribution in [0.3, 0.4) is 0 Å². The van der Waals surface area contributed by atoms with Gasteiger partial charge in [-0.1, -0.05) is 288 Å². The molecule has 646 valence electrons. The molecule has 2 aliphatic rings. The Labute approximate surface area is 765 Å². The van der Waals surface area contributed by atoms with Gasteiger partial charge in [0.25, 0.3) is 0 Å². The second kappa shape index (κ2) is 35.9. The molecule has 9 aromatic carbocycles. The van der Waals surface area contributed by atoms with E-state index in [2.05, 4.69) is 257 Å². The highest BCUT2D eigenvalue weighted by atomic mass is 35.5. The first-order chi connectivity index (χ1) is 57.0. The first-order valence-corrected chi connectivity index (χ1v) is 45.7. The number of benzene rings is 9. The van der Waals surface area contributed by atoms with E-state index in [-0.39, 0.29) is 76.5 Å². The molecular weight excluding hydrogens is 1740 g/mol. The minimum Gasteiger partial charge on any atom is -0.493 e. The lowest BCUT2D eigenvalue weighted by molar-refractivity contribution is -0.115. The van der Waals surface area contributed by atoms with E-state index in [0.29, 0.717) is 26.1 Å². The van der Waals surface area contributed by atoms with Crippen molar-refractivity contribution >= 4 is 231 Å². The van der Waals surface area contributed by atoms with Gasteiger partial charge in [-0.2, -0.15) is 0 Å². The molecule has 0 saturated carbocycles. The number of hydrogen-bond donors (Lipinski definition) is 4. The van der Waals surface area contributed by atoms with Gasteiger partial charge in [-0.25, -0.2) is 0 Å². The summed E-state index contributed by atoms with van der Waals surface area (Å²) < 4.78 is 24.4. The summed E-state index contributed by atoms with van der Waals surface area (Å²) in [5, 5.41) is 1.19. The van der Waals surface area contributed by atoms with Gasteiger partial charge in [0.1, 0.15) is 62.3 Å². The standard InChI is InChI=1S/C30H36N2O2S2.C27H29Cl2NO2.C26H26N2O2S2.C10H15N.C6Cl4O2/c1-29(2,3)17-11-13-19-21(15-17)35-27-23(31(19)7)26(34-10)28-24(25(27)33-9)32(8)20-14-12-18(30(4,5)6)16-22(20)36-28;1-26(2,3)17-9-7-16(8-10-17)15-20-21(28)25(32)23(22(29)24(20)31)30-19-13-11-18(12-14-19)27(4,5)6;1-25(2,3)13-7-9-15-17(11-13)31-23-19(27-15)22(30)24-20(21(23)29)28-16-10-8-14(26(4,5)6)12-18(16)32-24;1-10(2,3)8-4-6-9(11)7-5-8;7-1-2(8)6(12)4(10)3(9)5(1)11/h11-16H,1-10H3;7-14,30H,15H2,1-6H3;7-12,27-28H,1-6H3;4-7H,11H2,1-3H3;. The molecule has 14 nitrogen and oxygen atoms in total. The van der Waals surface area contributed by atoms with Crippen molar-refractivity contribution in [2.45, 2.75) is 190 Å². The molecule has 24 heteroatoms. The number of aromatic nitrogens is 4. The summed E-state index contributed by atoms with van der Waals surface area (Å²) >= 11 is 40.5. The number of ketones is 4. The summed E-state index contributed by atoms with van der Waals surface area (Å²) in [6.07, 6.45) is 0.248. The smallest absolute Gasteiger partial charge is 0.222 e. The summed E-state index contributed by atoms with van der Waals surface area (Å²) in [7, 11) is 7.82. The van der Waals surface area contributed by atoms with Crippen molar-refractivity contribution < 1.29 is 28.7 Å². The molecule has 13 aromatic rings.